The number of halogens is 1. The monoisotopic (exact) mass is 474 g/mol. The van der Waals surface area contributed by atoms with Gasteiger partial charge in [-0.05, 0) is 48.7 Å². The number of benzene rings is 2. The third-order valence-electron chi connectivity index (χ3n) is 5.07. The van der Waals surface area contributed by atoms with Gasteiger partial charge >= 0.3 is 0 Å². The van der Waals surface area contributed by atoms with Gasteiger partial charge in [0, 0.05) is 11.1 Å². The molecule has 0 bridgehead atoms. The quantitative estimate of drug-likeness (QED) is 0.542. The van der Waals surface area contributed by atoms with E-state index in [-0.39, 0.29) is 25.2 Å². The molecule has 3 heterocycles. The summed E-state index contributed by atoms with van der Waals surface area (Å²) in [5, 5.41) is 0.708. The minimum Gasteiger partial charge on any atom is -0.454 e. The summed E-state index contributed by atoms with van der Waals surface area (Å²) in [6.45, 7) is 1.49. The van der Waals surface area contributed by atoms with Crippen molar-refractivity contribution in [3.05, 3.63) is 46.4 Å². The standard InChI is InChI=1S/C21H19BrN2O4S/c22-14-4-5-16-19(10-14)29-21(23-16)24(11-15-2-1-7-26-15)20(25)9-13-3-6-17-18(8-13)28-12-27-17/h3-6,8,10,15H,1-2,7,9,11-12H2. The zero-order chi connectivity index (χ0) is 19.8. The van der Waals surface area contributed by atoms with Gasteiger partial charge in [-0.2, -0.15) is 0 Å². The number of rotatable bonds is 5. The maximum atomic E-state index is 13.3. The van der Waals surface area contributed by atoms with Crippen molar-refractivity contribution in [3.8, 4) is 11.5 Å². The van der Waals surface area contributed by atoms with Crippen LogP contribution in [0.3, 0.4) is 0 Å². The number of fused-ring (bicyclic) bond motifs is 2. The van der Waals surface area contributed by atoms with E-state index < -0.39 is 0 Å². The van der Waals surface area contributed by atoms with Crippen LogP contribution in [-0.2, 0) is 16.0 Å². The van der Waals surface area contributed by atoms with Gasteiger partial charge in [0.15, 0.2) is 16.6 Å². The van der Waals surface area contributed by atoms with E-state index in [0.29, 0.717) is 23.2 Å². The molecule has 0 radical (unpaired) electrons. The third kappa shape index (κ3) is 3.97. The molecule has 1 amide bonds. The second-order valence-electron chi connectivity index (χ2n) is 7.11. The summed E-state index contributed by atoms with van der Waals surface area (Å²) < 4.78 is 18.6. The molecule has 1 atom stereocenters. The number of hydrogen-bond donors (Lipinski definition) is 0. The third-order valence-corrected chi connectivity index (χ3v) is 6.61. The van der Waals surface area contributed by atoms with Crippen LogP contribution in [-0.4, -0.2) is 36.9 Å². The van der Waals surface area contributed by atoms with Crippen LogP contribution in [0.25, 0.3) is 10.2 Å². The van der Waals surface area contributed by atoms with E-state index >= 15 is 0 Å². The molecule has 1 saturated heterocycles. The van der Waals surface area contributed by atoms with E-state index in [1.54, 1.807) is 4.90 Å². The van der Waals surface area contributed by atoms with Crippen molar-refractivity contribution < 1.29 is 19.0 Å². The van der Waals surface area contributed by atoms with Crippen LogP contribution in [0, 0.1) is 0 Å². The fourth-order valence-corrected chi connectivity index (χ4v) is 5.15. The van der Waals surface area contributed by atoms with E-state index in [9.17, 15) is 4.79 Å². The maximum Gasteiger partial charge on any atom is 0.233 e. The van der Waals surface area contributed by atoms with Crippen LogP contribution in [0.2, 0.25) is 0 Å². The SMILES string of the molecule is O=C(Cc1ccc2c(c1)OCO2)N(CC1CCCO1)c1nc2ccc(Br)cc2s1. The van der Waals surface area contributed by atoms with Gasteiger partial charge < -0.3 is 14.2 Å². The van der Waals surface area contributed by atoms with E-state index in [2.05, 4.69) is 15.9 Å². The van der Waals surface area contributed by atoms with Crippen molar-refractivity contribution in [1.82, 2.24) is 4.98 Å². The van der Waals surface area contributed by atoms with Crippen molar-refractivity contribution in [2.45, 2.75) is 25.4 Å². The average molecular weight is 475 g/mol. The number of hydrogen-bond acceptors (Lipinski definition) is 6. The molecule has 3 aromatic rings. The second kappa shape index (κ2) is 7.93. The first-order valence-corrected chi connectivity index (χ1v) is 11.1. The zero-order valence-corrected chi connectivity index (χ0v) is 18.0. The molecule has 0 saturated carbocycles. The number of amides is 1. The topological polar surface area (TPSA) is 60.9 Å². The summed E-state index contributed by atoms with van der Waals surface area (Å²) in [5.41, 5.74) is 1.78. The number of thiazole rings is 1. The summed E-state index contributed by atoms with van der Waals surface area (Å²) in [6.07, 6.45) is 2.31. The molecule has 2 aliphatic rings. The molecule has 1 unspecified atom stereocenters. The van der Waals surface area contributed by atoms with E-state index in [1.807, 2.05) is 36.4 Å². The minimum atomic E-state index is -0.00233. The lowest BCUT2D eigenvalue weighted by atomic mass is 10.1. The highest BCUT2D eigenvalue weighted by Gasteiger charge is 2.27. The molecule has 0 spiro atoms. The molecule has 2 aliphatic heterocycles. The van der Waals surface area contributed by atoms with Gasteiger partial charge in [0.25, 0.3) is 0 Å². The number of ether oxygens (including phenoxy) is 3. The van der Waals surface area contributed by atoms with Crippen molar-refractivity contribution >= 4 is 48.5 Å². The molecule has 150 valence electrons. The summed E-state index contributed by atoms with van der Waals surface area (Å²) in [7, 11) is 0. The predicted octanol–water partition coefficient (Wildman–Crippen LogP) is 4.54. The Kier molecular flexibility index (Phi) is 5.15. The number of carbonyl (C=O) groups is 1. The first-order chi connectivity index (χ1) is 14.2. The Bertz CT molecular complexity index is 1060. The van der Waals surface area contributed by atoms with Crippen LogP contribution in [0.5, 0.6) is 11.5 Å². The molecule has 2 aromatic carbocycles. The zero-order valence-electron chi connectivity index (χ0n) is 15.6. The summed E-state index contributed by atoms with van der Waals surface area (Å²) in [5.74, 6) is 1.40. The van der Waals surface area contributed by atoms with Crippen LogP contribution in [0.15, 0.2) is 40.9 Å². The van der Waals surface area contributed by atoms with Gasteiger partial charge in [0.2, 0.25) is 12.7 Å². The molecule has 5 rings (SSSR count). The van der Waals surface area contributed by atoms with Crippen LogP contribution in [0.4, 0.5) is 5.13 Å². The lowest BCUT2D eigenvalue weighted by Crippen LogP contribution is -2.38. The van der Waals surface area contributed by atoms with Gasteiger partial charge in [-0.1, -0.05) is 33.3 Å². The number of anilines is 1. The van der Waals surface area contributed by atoms with Crippen molar-refractivity contribution in [3.63, 3.8) is 0 Å². The normalized spacial score (nSPS) is 17.8. The summed E-state index contributed by atoms with van der Waals surface area (Å²) in [6, 6.07) is 11.6. The largest absolute Gasteiger partial charge is 0.454 e. The number of nitrogens with zero attached hydrogens (tertiary/aromatic N) is 2. The molecule has 8 heteroatoms. The van der Waals surface area contributed by atoms with Gasteiger partial charge in [-0.25, -0.2) is 4.98 Å². The molecule has 6 nitrogen and oxygen atoms in total. The Balaban J connectivity index is 1.43. The van der Waals surface area contributed by atoms with Crippen LogP contribution < -0.4 is 14.4 Å². The first-order valence-electron chi connectivity index (χ1n) is 9.52. The Morgan fingerprint density at radius 3 is 2.97 bits per heavy atom. The fourth-order valence-electron chi connectivity index (χ4n) is 3.60. The van der Waals surface area contributed by atoms with Gasteiger partial charge in [-0.15, -0.1) is 0 Å². The number of carbonyl (C=O) groups excluding carboxylic acids is 1. The highest BCUT2D eigenvalue weighted by Crippen LogP contribution is 2.34. The Morgan fingerprint density at radius 2 is 2.10 bits per heavy atom. The Hall–Kier alpha value is -2.16. The van der Waals surface area contributed by atoms with Crippen molar-refractivity contribution in [2.24, 2.45) is 0 Å². The molecular formula is C21H19BrN2O4S. The van der Waals surface area contributed by atoms with Gasteiger partial charge in [0.1, 0.15) is 0 Å². The molecule has 0 N–H and O–H groups in total. The van der Waals surface area contributed by atoms with E-state index in [1.165, 1.54) is 11.3 Å². The lowest BCUT2D eigenvalue weighted by molar-refractivity contribution is -0.118. The predicted molar refractivity (Wildman–Crippen MR) is 115 cm³/mol. The molecular weight excluding hydrogens is 456 g/mol. The Morgan fingerprint density at radius 1 is 1.21 bits per heavy atom. The smallest absolute Gasteiger partial charge is 0.233 e. The average Bonchev–Trinajstić information content (AvgIpc) is 3.45. The van der Waals surface area contributed by atoms with Gasteiger partial charge in [0.05, 0.1) is 29.3 Å². The maximum absolute atomic E-state index is 13.3. The van der Waals surface area contributed by atoms with Crippen LogP contribution >= 0.6 is 27.3 Å². The molecule has 29 heavy (non-hydrogen) atoms. The molecule has 1 aromatic heterocycles. The van der Waals surface area contributed by atoms with Crippen molar-refractivity contribution in [2.75, 3.05) is 24.8 Å². The van der Waals surface area contributed by atoms with Crippen LogP contribution in [0.1, 0.15) is 18.4 Å². The van der Waals surface area contributed by atoms with E-state index in [0.717, 1.165) is 39.7 Å². The highest BCUT2D eigenvalue weighted by molar-refractivity contribution is 9.10. The van der Waals surface area contributed by atoms with E-state index in [4.69, 9.17) is 19.2 Å². The molecule has 0 aliphatic carbocycles. The first kappa shape index (κ1) is 18.8. The van der Waals surface area contributed by atoms with Gasteiger partial charge in [-0.3, -0.25) is 9.69 Å². The Labute approximate surface area is 180 Å². The fraction of sp³-hybridized carbons (Fsp3) is 0.333. The minimum absolute atomic E-state index is 0.00233. The lowest BCUT2D eigenvalue weighted by Gasteiger charge is -2.23. The number of aromatic nitrogens is 1. The highest BCUT2D eigenvalue weighted by atomic mass is 79.9. The molecule has 1 fully saturated rings. The van der Waals surface area contributed by atoms with Crippen molar-refractivity contribution in [1.29, 1.82) is 0 Å². The second-order valence-corrected chi connectivity index (χ2v) is 9.04. The summed E-state index contributed by atoms with van der Waals surface area (Å²) >= 11 is 5.03. The summed E-state index contributed by atoms with van der Waals surface area (Å²) in [4.78, 5) is 19.8.